The zero-order chi connectivity index (χ0) is 14.5. The summed E-state index contributed by atoms with van der Waals surface area (Å²) < 4.78 is 0. The van der Waals surface area contributed by atoms with Crippen LogP contribution in [0.25, 0.3) is 0 Å². The van der Waals surface area contributed by atoms with Gasteiger partial charge in [-0.2, -0.15) is 0 Å². The van der Waals surface area contributed by atoms with Gasteiger partial charge < -0.3 is 10.6 Å². The first kappa shape index (κ1) is 14.1. The first-order chi connectivity index (χ1) is 9.39. The van der Waals surface area contributed by atoms with Gasteiger partial charge in [0.05, 0.1) is 12.1 Å². The summed E-state index contributed by atoms with van der Waals surface area (Å²) in [6.45, 7) is 6.96. The standard InChI is InChI=1S/C16H24N2OS/c1-16(2,3)14(17)15(19)18-8-6-12-11(7-9-20-12)13(18)10-4-5-10/h7,9-10,13-14H,4-6,8,17H2,1-3H3/t13?,14-/m1/s1. The van der Waals surface area contributed by atoms with Crippen molar-refractivity contribution in [2.24, 2.45) is 17.1 Å². The number of nitrogens with zero attached hydrogens (tertiary/aromatic N) is 1. The molecule has 0 aromatic carbocycles. The van der Waals surface area contributed by atoms with Crippen molar-refractivity contribution in [3.63, 3.8) is 0 Å². The van der Waals surface area contributed by atoms with Gasteiger partial charge in [-0.25, -0.2) is 0 Å². The normalized spacial score (nSPS) is 24.4. The van der Waals surface area contributed by atoms with Crippen LogP contribution in [0.1, 0.15) is 50.1 Å². The highest BCUT2D eigenvalue weighted by molar-refractivity contribution is 7.10. The van der Waals surface area contributed by atoms with Gasteiger partial charge in [-0.15, -0.1) is 11.3 Å². The Morgan fingerprint density at radius 3 is 2.75 bits per heavy atom. The van der Waals surface area contributed by atoms with Gasteiger partial charge in [-0.05, 0) is 47.6 Å². The van der Waals surface area contributed by atoms with Gasteiger partial charge >= 0.3 is 0 Å². The molecule has 3 rings (SSSR count). The van der Waals surface area contributed by atoms with Crippen molar-refractivity contribution in [1.82, 2.24) is 4.90 Å². The molecule has 2 heterocycles. The molecule has 1 aliphatic carbocycles. The van der Waals surface area contributed by atoms with E-state index in [4.69, 9.17) is 5.73 Å². The summed E-state index contributed by atoms with van der Waals surface area (Å²) >= 11 is 1.83. The molecule has 1 saturated carbocycles. The Hall–Kier alpha value is -0.870. The molecule has 3 nitrogen and oxygen atoms in total. The van der Waals surface area contributed by atoms with Crippen molar-refractivity contribution < 1.29 is 4.79 Å². The smallest absolute Gasteiger partial charge is 0.240 e. The Balaban J connectivity index is 1.88. The fourth-order valence-electron chi connectivity index (χ4n) is 3.06. The van der Waals surface area contributed by atoms with Crippen molar-refractivity contribution in [2.75, 3.05) is 6.54 Å². The van der Waals surface area contributed by atoms with Crippen LogP contribution in [0.15, 0.2) is 11.4 Å². The SMILES string of the molecule is CC(C)(C)[C@H](N)C(=O)N1CCc2sccc2C1C1CC1. The second-order valence-electron chi connectivity index (χ2n) is 7.21. The lowest BCUT2D eigenvalue weighted by Crippen LogP contribution is -2.53. The fourth-order valence-corrected chi connectivity index (χ4v) is 3.98. The lowest BCUT2D eigenvalue weighted by atomic mass is 9.85. The molecule has 0 spiro atoms. The van der Waals surface area contributed by atoms with Crippen molar-refractivity contribution in [1.29, 1.82) is 0 Å². The molecule has 110 valence electrons. The van der Waals surface area contributed by atoms with E-state index < -0.39 is 6.04 Å². The molecule has 0 radical (unpaired) electrons. The minimum absolute atomic E-state index is 0.131. The largest absolute Gasteiger partial charge is 0.334 e. The molecular formula is C16H24N2OS. The van der Waals surface area contributed by atoms with Gasteiger partial charge in [-0.3, -0.25) is 4.79 Å². The van der Waals surface area contributed by atoms with E-state index in [1.165, 1.54) is 23.3 Å². The lowest BCUT2D eigenvalue weighted by molar-refractivity contribution is -0.138. The van der Waals surface area contributed by atoms with E-state index in [1.54, 1.807) is 0 Å². The van der Waals surface area contributed by atoms with Crippen LogP contribution in [0, 0.1) is 11.3 Å². The van der Waals surface area contributed by atoms with Crippen molar-refractivity contribution in [3.8, 4) is 0 Å². The van der Waals surface area contributed by atoms with E-state index in [0.717, 1.165) is 13.0 Å². The molecule has 1 fully saturated rings. The van der Waals surface area contributed by atoms with Gasteiger partial charge in [0.1, 0.15) is 0 Å². The van der Waals surface area contributed by atoms with E-state index in [0.29, 0.717) is 5.92 Å². The molecule has 20 heavy (non-hydrogen) atoms. The van der Waals surface area contributed by atoms with E-state index in [2.05, 4.69) is 16.3 Å². The van der Waals surface area contributed by atoms with Crippen molar-refractivity contribution in [2.45, 2.75) is 52.1 Å². The van der Waals surface area contributed by atoms with Crippen LogP contribution in [-0.4, -0.2) is 23.4 Å². The molecule has 2 atom stereocenters. The van der Waals surface area contributed by atoms with Gasteiger partial charge in [0.2, 0.25) is 5.91 Å². The summed E-state index contributed by atoms with van der Waals surface area (Å²) in [6.07, 6.45) is 3.47. The summed E-state index contributed by atoms with van der Waals surface area (Å²) in [6, 6.07) is 2.08. The van der Waals surface area contributed by atoms with E-state index >= 15 is 0 Å². The van der Waals surface area contributed by atoms with E-state index in [1.807, 2.05) is 32.1 Å². The maximum absolute atomic E-state index is 12.8. The lowest BCUT2D eigenvalue weighted by Gasteiger charge is -2.40. The minimum Gasteiger partial charge on any atom is -0.334 e. The highest BCUT2D eigenvalue weighted by Crippen LogP contribution is 2.48. The van der Waals surface area contributed by atoms with Crippen LogP contribution in [0.2, 0.25) is 0 Å². The maximum atomic E-state index is 12.8. The molecule has 2 aliphatic rings. The summed E-state index contributed by atoms with van der Waals surface area (Å²) in [5, 5.41) is 2.16. The van der Waals surface area contributed by atoms with Crippen LogP contribution in [0.5, 0.6) is 0 Å². The summed E-state index contributed by atoms with van der Waals surface area (Å²) in [4.78, 5) is 16.4. The van der Waals surface area contributed by atoms with Gasteiger partial charge in [-0.1, -0.05) is 20.8 Å². The predicted octanol–water partition coefficient (Wildman–Crippen LogP) is 2.96. The Morgan fingerprint density at radius 1 is 1.45 bits per heavy atom. The van der Waals surface area contributed by atoms with Gasteiger partial charge in [0, 0.05) is 11.4 Å². The third kappa shape index (κ3) is 2.40. The number of carbonyl (C=O) groups is 1. The van der Waals surface area contributed by atoms with E-state index in [9.17, 15) is 4.79 Å². The first-order valence-electron chi connectivity index (χ1n) is 7.52. The zero-order valence-electron chi connectivity index (χ0n) is 12.6. The monoisotopic (exact) mass is 292 g/mol. The predicted molar refractivity (Wildman–Crippen MR) is 82.6 cm³/mol. The van der Waals surface area contributed by atoms with Gasteiger partial charge in [0.15, 0.2) is 0 Å². The first-order valence-corrected chi connectivity index (χ1v) is 8.40. The van der Waals surface area contributed by atoms with E-state index in [-0.39, 0.29) is 17.4 Å². The fraction of sp³-hybridized carbons (Fsp3) is 0.688. The Labute approximate surface area is 125 Å². The average molecular weight is 292 g/mol. The average Bonchev–Trinajstić information content (AvgIpc) is 3.11. The molecule has 1 unspecified atom stereocenters. The molecule has 0 bridgehead atoms. The third-order valence-corrected chi connectivity index (χ3v) is 5.56. The highest BCUT2D eigenvalue weighted by Gasteiger charge is 2.44. The molecule has 2 N–H and O–H groups in total. The van der Waals surface area contributed by atoms with Crippen LogP contribution >= 0.6 is 11.3 Å². The number of thiophene rings is 1. The van der Waals surface area contributed by atoms with Crippen LogP contribution < -0.4 is 5.73 Å². The third-order valence-electron chi connectivity index (χ3n) is 4.56. The highest BCUT2D eigenvalue weighted by atomic mass is 32.1. The maximum Gasteiger partial charge on any atom is 0.240 e. The summed E-state index contributed by atoms with van der Waals surface area (Å²) in [7, 11) is 0. The number of fused-ring (bicyclic) bond motifs is 1. The molecule has 1 aromatic heterocycles. The van der Waals surface area contributed by atoms with Crippen molar-refractivity contribution in [3.05, 3.63) is 21.9 Å². The summed E-state index contributed by atoms with van der Waals surface area (Å²) in [5.41, 5.74) is 7.42. The van der Waals surface area contributed by atoms with Crippen molar-refractivity contribution >= 4 is 17.2 Å². The number of nitrogens with two attached hydrogens (primary N) is 1. The Bertz CT molecular complexity index is 513. The van der Waals surface area contributed by atoms with Crippen LogP contribution in [-0.2, 0) is 11.2 Å². The minimum atomic E-state index is -0.413. The molecule has 4 heteroatoms. The second kappa shape index (κ2) is 4.85. The molecule has 1 amide bonds. The molecule has 1 aliphatic heterocycles. The topological polar surface area (TPSA) is 46.3 Å². The molecular weight excluding hydrogens is 268 g/mol. The molecule has 1 aromatic rings. The number of amides is 1. The summed E-state index contributed by atoms with van der Waals surface area (Å²) in [5.74, 6) is 0.783. The number of hydrogen-bond donors (Lipinski definition) is 1. The molecule has 0 saturated heterocycles. The Morgan fingerprint density at radius 2 is 2.15 bits per heavy atom. The number of hydrogen-bond acceptors (Lipinski definition) is 3. The van der Waals surface area contributed by atoms with Gasteiger partial charge in [0.25, 0.3) is 0 Å². The number of carbonyl (C=O) groups excluding carboxylic acids is 1. The number of rotatable bonds is 2. The second-order valence-corrected chi connectivity index (χ2v) is 8.21. The quantitative estimate of drug-likeness (QED) is 0.911. The Kier molecular flexibility index (Phi) is 3.41. The van der Waals surface area contributed by atoms with Crippen LogP contribution in [0.3, 0.4) is 0 Å². The zero-order valence-corrected chi connectivity index (χ0v) is 13.4. The van der Waals surface area contributed by atoms with Crippen LogP contribution in [0.4, 0.5) is 0 Å².